The first kappa shape index (κ1) is 27.3. The summed E-state index contributed by atoms with van der Waals surface area (Å²) in [5.74, 6) is 0.812. The summed E-state index contributed by atoms with van der Waals surface area (Å²) >= 11 is 0. The van der Waals surface area contributed by atoms with Gasteiger partial charge in [0.15, 0.2) is 0 Å². The maximum absolute atomic E-state index is 10.8. The Kier molecular flexibility index (Phi) is 6.70. The number of aromatic hydroxyl groups is 2. The van der Waals surface area contributed by atoms with Gasteiger partial charge in [0.1, 0.15) is 56.4 Å². The maximum atomic E-state index is 10.8. The van der Waals surface area contributed by atoms with Gasteiger partial charge in [-0.2, -0.15) is 9.97 Å². The lowest BCUT2D eigenvalue weighted by molar-refractivity contribution is 0.390. The number of aromatic nitrogens is 9. The number of ether oxygens (including phenoxy) is 2. The Bertz CT molecular complexity index is 2000. The van der Waals surface area contributed by atoms with Crippen molar-refractivity contribution >= 4 is 28.0 Å². The molecule has 0 saturated carbocycles. The van der Waals surface area contributed by atoms with Gasteiger partial charge in [0.05, 0.1) is 0 Å². The molecular weight excluding hydrogens is 588 g/mol. The average molecular weight is 615 g/mol. The highest BCUT2D eigenvalue weighted by Gasteiger charge is 2.20. The van der Waals surface area contributed by atoms with Crippen molar-refractivity contribution in [2.24, 2.45) is 0 Å². The summed E-state index contributed by atoms with van der Waals surface area (Å²) in [6.07, 6.45) is 3.15. The van der Waals surface area contributed by atoms with Gasteiger partial charge in [-0.15, -0.1) is 35.0 Å². The molecule has 1 aliphatic rings. The monoisotopic (exact) mass is 614 g/mol. The van der Waals surface area contributed by atoms with E-state index in [1.54, 1.807) is 24.3 Å². The zero-order chi connectivity index (χ0) is 31.0. The van der Waals surface area contributed by atoms with Crippen LogP contribution < -0.4 is 14.4 Å². The second-order valence-corrected chi connectivity index (χ2v) is 10.7. The molecule has 8 rings (SSSR count). The van der Waals surface area contributed by atoms with Crippen LogP contribution in [0, 0.1) is 0 Å². The fraction of sp³-hybridized carbons (Fsp3) is 0.156. The van der Waals surface area contributed by atoms with E-state index < -0.39 is 0 Å². The molecule has 2 N–H and O–H groups in total. The molecule has 0 bridgehead atoms. The highest BCUT2D eigenvalue weighted by atomic mass is 16.5. The Labute approximate surface area is 261 Å². The molecule has 0 aliphatic carbocycles. The molecular formula is C32H26N10O4. The van der Waals surface area contributed by atoms with Crippen LogP contribution in [0.2, 0.25) is 0 Å². The lowest BCUT2D eigenvalue weighted by Crippen LogP contribution is -2.31. The lowest BCUT2D eigenvalue weighted by atomic mass is 10.1. The third-order valence-electron chi connectivity index (χ3n) is 7.54. The van der Waals surface area contributed by atoms with Crippen LogP contribution in [0.3, 0.4) is 0 Å². The van der Waals surface area contributed by atoms with Gasteiger partial charge in [0.25, 0.3) is 0 Å². The van der Waals surface area contributed by atoms with Crippen LogP contribution in [0.25, 0.3) is 33.4 Å². The summed E-state index contributed by atoms with van der Waals surface area (Å²) in [6, 6.07) is 24.4. The maximum Gasteiger partial charge on any atom is 0.330 e. The van der Waals surface area contributed by atoms with Crippen LogP contribution in [0.4, 0.5) is 5.95 Å². The van der Waals surface area contributed by atoms with Gasteiger partial charge >= 0.3 is 12.0 Å². The van der Waals surface area contributed by atoms with E-state index in [0.717, 1.165) is 32.4 Å². The molecule has 4 heterocycles. The first-order valence-electron chi connectivity index (χ1n) is 14.7. The Hall–Kier alpha value is -6.31. The van der Waals surface area contributed by atoms with E-state index in [-0.39, 0.29) is 23.5 Å². The number of nitrogens with zero attached hydrogens (tertiary/aromatic N) is 10. The van der Waals surface area contributed by atoms with E-state index in [2.05, 4.69) is 35.3 Å². The SMILES string of the molecule is Oc1cc(Oc2nc(Oc3ccc(-n4nc5ccccc5n4)c(O)c3)nc(N3CCCCC3)n2)ccc1-n1nc2ccccc2n1. The Morgan fingerprint density at radius 1 is 0.522 bits per heavy atom. The summed E-state index contributed by atoms with van der Waals surface area (Å²) in [5.41, 5.74) is 3.61. The summed E-state index contributed by atoms with van der Waals surface area (Å²) < 4.78 is 12.0. The largest absolute Gasteiger partial charge is 0.505 e. The van der Waals surface area contributed by atoms with Crippen molar-refractivity contribution in [2.75, 3.05) is 18.0 Å². The number of hydrogen-bond donors (Lipinski definition) is 2. The third-order valence-corrected chi connectivity index (χ3v) is 7.54. The van der Waals surface area contributed by atoms with Crippen molar-refractivity contribution in [1.29, 1.82) is 0 Å². The van der Waals surface area contributed by atoms with E-state index >= 15 is 0 Å². The van der Waals surface area contributed by atoms with Crippen molar-refractivity contribution < 1.29 is 19.7 Å². The van der Waals surface area contributed by atoms with Gasteiger partial charge in [-0.05, 0) is 67.8 Å². The molecule has 228 valence electrons. The summed E-state index contributed by atoms with van der Waals surface area (Å²) in [5, 5.41) is 39.4. The van der Waals surface area contributed by atoms with E-state index in [1.807, 2.05) is 53.4 Å². The number of piperidine rings is 1. The first-order chi connectivity index (χ1) is 22.6. The number of fused-ring (bicyclic) bond motifs is 2. The molecule has 0 spiro atoms. The fourth-order valence-electron chi connectivity index (χ4n) is 5.27. The Morgan fingerprint density at radius 2 is 0.957 bits per heavy atom. The van der Waals surface area contributed by atoms with Crippen LogP contribution >= 0.6 is 0 Å². The van der Waals surface area contributed by atoms with E-state index in [0.29, 0.717) is 50.9 Å². The first-order valence-corrected chi connectivity index (χ1v) is 14.7. The lowest BCUT2D eigenvalue weighted by Gasteiger charge is -2.26. The molecule has 0 radical (unpaired) electrons. The number of anilines is 1. The topological polar surface area (TPSA) is 162 Å². The predicted octanol–water partition coefficient (Wildman–Crippen LogP) is 5.33. The molecule has 14 heteroatoms. The Balaban J connectivity index is 1.07. The van der Waals surface area contributed by atoms with Crippen molar-refractivity contribution in [3.05, 3.63) is 84.9 Å². The predicted molar refractivity (Wildman–Crippen MR) is 167 cm³/mol. The zero-order valence-electron chi connectivity index (χ0n) is 24.3. The molecule has 1 aliphatic heterocycles. The van der Waals surface area contributed by atoms with Gasteiger partial charge in [-0.1, -0.05) is 24.3 Å². The van der Waals surface area contributed by atoms with Gasteiger partial charge in [0.2, 0.25) is 5.95 Å². The molecule has 7 aromatic rings. The number of hydrogen-bond acceptors (Lipinski definition) is 12. The van der Waals surface area contributed by atoms with Crippen LogP contribution in [-0.2, 0) is 0 Å². The minimum Gasteiger partial charge on any atom is -0.505 e. The summed E-state index contributed by atoms with van der Waals surface area (Å²) in [7, 11) is 0. The number of phenolic OH excluding ortho intramolecular Hbond substituents is 2. The molecule has 14 nitrogen and oxygen atoms in total. The van der Waals surface area contributed by atoms with Crippen LogP contribution in [0.1, 0.15) is 19.3 Å². The third kappa shape index (κ3) is 5.32. The average Bonchev–Trinajstić information content (AvgIpc) is 3.70. The molecule has 3 aromatic heterocycles. The van der Waals surface area contributed by atoms with Crippen molar-refractivity contribution in [3.63, 3.8) is 0 Å². The number of rotatable bonds is 7. The summed E-state index contributed by atoms with van der Waals surface area (Å²) in [4.78, 5) is 18.3. The normalized spacial score (nSPS) is 13.3. The smallest absolute Gasteiger partial charge is 0.330 e. The highest BCUT2D eigenvalue weighted by molar-refractivity contribution is 5.74. The fourth-order valence-corrected chi connectivity index (χ4v) is 5.27. The Morgan fingerprint density at radius 3 is 1.37 bits per heavy atom. The van der Waals surface area contributed by atoms with Crippen molar-refractivity contribution in [2.45, 2.75) is 19.3 Å². The van der Waals surface area contributed by atoms with Gasteiger partial charge in [0, 0.05) is 25.2 Å². The second kappa shape index (κ2) is 11.3. The van der Waals surface area contributed by atoms with E-state index in [4.69, 9.17) is 9.47 Å². The van der Waals surface area contributed by atoms with Crippen LogP contribution in [0.15, 0.2) is 84.9 Å². The van der Waals surface area contributed by atoms with E-state index in [1.165, 1.54) is 21.7 Å². The minimum atomic E-state index is -0.0882. The van der Waals surface area contributed by atoms with Gasteiger partial charge in [-0.3, -0.25) is 0 Å². The van der Waals surface area contributed by atoms with Gasteiger partial charge < -0.3 is 24.6 Å². The summed E-state index contributed by atoms with van der Waals surface area (Å²) in [6.45, 7) is 1.56. The van der Waals surface area contributed by atoms with Crippen molar-refractivity contribution in [1.82, 2.24) is 44.9 Å². The molecule has 0 amide bonds. The van der Waals surface area contributed by atoms with Gasteiger partial charge in [-0.25, -0.2) is 0 Å². The molecule has 0 unspecified atom stereocenters. The standard InChI is InChI=1S/C32H26N10O4/c43-28-18-20(12-14-26(28)41-36-22-8-2-3-9-23(22)37-41)45-31-33-30(40-16-6-1-7-17-40)34-32(35-31)46-21-13-15-27(29(44)19-21)42-38-24-10-4-5-11-25(24)39-42/h2-5,8-15,18-19,43-44H,1,6-7,16-17H2. The highest BCUT2D eigenvalue weighted by Crippen LogP contribution is 2.33. The molecule has 1 fully saturated rings. The quantitative estimate of drug-likeness (QED) is 0.238. The van der Waals surface area contributed by atoms with Crippen molar-refractivity contribution in [3.8, 4) is 46.4 Å². The minimum absolute atomic E-state index is 0.0195. The van der Waals surface area contributed by atoms with Crippen LogP contribution in [-0.4, -0.2) is 68.2 Å². The molecule has 4 aromatic carbocycles. The number of benzene rings is 4. The zero-order valence-corrected chi connectivity index (χ0v) is 24.3. The molecule has 1 saturated heterocycles. The van der Waals surface area contributed by atoms with E-state index in [9.17, 15) is 10.2 Å². The number of phenols is 2. The molecule has 46 heavy (non-hydrogen) atoms. The molecule has 0 atom stereocenters. The second-order valence-electron chi connectivity index (χ2n) is 10.7. The van der Waals surface area contributed by atoms with Crippen LogP contribution in [0.5, 0.6) is 35.0 Å².